The molecule has 1 aromatic heterocycles. The molecule has 0 radical (unpaired) electrons. The van der Waals surface area contributed by atoms with E-state index in [9.17, 15) is 0 Å². The van der Waals surface area contributed by atoms with Gasteiger partial charge in [0.25, 0.3) is 0 Å². The summed E-state index contributed by atoms with van der Waals surface area (Å²) >= 11 is 0. The SMILES string of the molecule is Cc1c(-c2cccc(N(c3ccc4c(ccc5ccccc54)c3)c3ccccc3-c3ccc(-c4ccccc4)cc3)c2)oc2ccccc12. The van der Waals surface area contributed by atoms with Crippen molar-refractivity contribution in [3.8, 4) is 33.6 Å². The summed E-state index contributed by atoms with van der Waals surface area (Å²) < 4.78 is 6.45. The fourth-order valence-corrected chi connectivity index (χ4v) is 7.19. The second-order valence-electron chi connectivity index (χ2n) is 12.6. The zero-order chi connectivity index (χ0) is 32.7. The Bertz CT molecular complexity index is 2610. The number of hydrogen-bond acceptors (Lipinski definition) is 2. The quantitative estimate of drug-likeness (QED) is 0.171. The molecule has 0 saturated heterocycles. The van der Waals surface area contributed by atoms with Gasteiger partial charge in [0.15, 0.2) is 0 Å². The molecule has 0 spiro atoms. The van der Waals surface area contributed by atoms with Gasteiger partial charge in [-0.05, 0) is 81.6 Å². The highest BCUT2D eigenvalue weighted by Gasteiger charge is 2.20. The molecule has 0 aliphatic rings. The number of fused-ring (bicyclic) bond motifs is 4. The summed E-state index contributed by atoms with van der Waals surface area (Å²) in [4.78, 5) is 2.39. The van der Waals surface area contributed by atoms with Crippen molar-refractivity contribution in [1.82, 2.24) is 0 Å². The van der Waals surface area contributed by atoms with Gasteiger partial charge in [-0.15, -0.1) is 0 Å². The Kier molecular flexibility index (Phi) is 7.06. The highest BCUT2D eigenvalue weighted by molar-refractivity contribution is 6.08. The molecule has 0 bridgehead atoms. The molecule has 8 aromatic carbocycles. The molecular weight excluding hydrogens is 595 g/mol. The molecular formula is C47H33NO. The molecule has 0 saturated carbocycles. The highest BCUT2D eigenvalue weighted by atomic mass is 16.3. The van der Waals surface area contributed by atoms with Crippen molar-refractivity contribution in [2.24, 2.45) is 0 Å². The van der Waals surface area contributed by atoms with E-state index in [1.54, 1.807) is 0 Å². The summed E-state index contributed by atoms with van der Waals surface area (Å²) in [6.45, 7) is 2.15. The van der Waals surface area contributed by atoms with E-state index >= 15 is 0 Å². The first kappa shape index (κ1) is 28.8. The lowest BCUT2D eigenvalue weighted by Gasteiger charge is -2.28. The number of rotatable bonds is 6. The van der Waals surface area contributed by atoms with Crippen LogP contribution < -0.4 is 4.90 Å². The Morgan fingerprint density at radius 1 is 0.408 bits per heavy atom. The van der Waals surface area contributed by atoms with Crippen LogP contribution in [0.1, 0.15) is 5.56 Å². The Balaban J connectivity index is 1.22. The average Bonchev–Trinajstić information content (AvgIpc) is 3.51. The molecule has 0 atom stereocenters. The summed E-state index contributed by atoms with van der Waals surface area (Å²) in [6.07, 6.45) is 0. The van der Waals surface area contributed by atoms with Gasteiger partial charge in [-0.2, -0.15) is 0 Å². The zero-order valence-electron chi connectivity index (χ0n) is 27.2. The van der Waals surface area contributed by atoms with Crippen LogP contribution in [0.25, 0.3) is 66.1 Å². The van der Waals surface area contributed by atoms with E-state index in [-0.39, 0.29) is 0 Å². The van der Waals surface area contributed by atoms with E-state index in [0.717, 1.165) is 56.0 Å². The third kappa shape index (κ3) is 5.15. The summed E-state index contributed by atoms with van der Waals surface area (Å²) in [7, 11) is 0. The van der Waals surface area contributed by atoms with E-state index < -0.39 is 0 Å². The Labute approximate surface area is 286 Å². The van der Waals surface area contributed by atoms with E-state index in [1.807, 2.05) is 12.1 Å². The molecule has 0 fully saturated rings. The van der Waals surface area contributed by atoms with Crippen molar-refractivity contribution in [3.63, 3.8) is 0 Å². The molecule has 9 aromatic rings. The zero-order valence-corrected chi connectivity index (χ0v) is 27.2. The minimum absolute atomic E-state index is 0.901. The molecule has 0 amide bonds. The molecule has 0 aliphatic heterocycles. The predicted molar refractivity (Wildman–Crippen MR) is 207 cm³/mol. The second-order valence-corrected chi connectivity index (χ2v) is 12.6. The Morgan fingerprint density at radius 3 is 1.90 bits per heavy atom. The molecule has 1 heterocycles. The third-order valence-corrected chi connectivity index (χ3v) is 9.64. The number of furan rings is 1. The maximum atomic E-state index is 6.45. The number of aryl methyl sites for hydroxylation is 1. The Hall–Kier alpha value is -6.38. The van der Waals surface area contributed by atoms with E-state index in [2.05, 4.69) is 182 Å². The van der Waals surface area contributed by atoms with Crippen molar-refractivity contribution in [1.29, 1.82) is 0 Å². The van der Waals surface area contributed by atoms with Crippen LogP contribution in [0.2, 0.25) is 0 Å². The van der Waals surface area contributed by atoms with Gasteiger partial charge in [-0.25, -0.2) is 0 Å². The minimum Gasteiger partial charge on any atom is -0.456 e. The number of anilines is 3. The smallest absolute Gasteiger partial charge is 0.138 e. The van der Waals surface area contributed by atoms with Crippen LogP contribution in [0.15, 0.2) is 186 Å². The van der Waals surface area contributed by atoms with E-state index in [0.29, 0.717) is 0 Å². The van der Waals surface area contributed by atoms with Crippen LogP contribution in [0, 0.1) is 6.92 Å². The maximum Gasteiger partial charge on any atom is 0.138 e. The van der Waals surface area contributed by atoms with Crippen LogP contribution >= 0.6 is 0 Å². The fourth-order valence-electron chi connectivity index (χ4n) is 7.19. The molecule has 2 heteroatoms. The lowest BCUT2D eigenvalue weighted by molar-refractivity contribution is 0.629. The van der Waals surface area contributed by atoms with Gasteiger partial charge in [0.2, 0.25) is 0 Å². The normalized spacial score (nSPS) is 11.4. The van der Waals surface area contributed by atoms with Gasteiger partial charge in [-0.1, -0.05) is 146 Å². The largest absolute Gasteiger partial charge is 0.456 e. The highest BCUT2D eigenvalue weighted by Crippen LogP contribution is 2.44. The molecule has 0 unspecified atom stereocenters. The summed E-state index contributed by atoms with van der Waals surface area (Å²) in [5.74, 6) is 0.901. The topological polar surface area (TPSA) is 16.4 Å². The third-order valence-electron chi connectivity index (χ3n) is 9.64. The number of benzene rings is 8. The fraction of sp³-hybridized carbons (Fsp3) is 0.0213. The van der Waals surface area contributed by atoms with Crippen LogP contribution in [-0.4, -0.2) is 0 Å². The van der Waals surface area contributed by atoms with E-state index in [4.69, 9.17) is 4.42 Å². The minimum atomic E-state index is 0.901. The summed E-state index contributed by atoms with van der Waals surface area (Å²) in [5, 5.41) is 6.11. The van der Waals surface area contributed by atoms with Crippen molar-refractivity contribution in [3.05, 3.63) is 188 Å². The first-order chi connectivity index (χ1) is 24.2. The van der Waals surface area contributed by atoms with Crippen LogP contribution in [0.5, 0.6) is 0 Å². The van der Waals surface area contributed by atoms with Crippen LogP contribution in [-0.2, 0) is 0 Å². The molecule has 9 rings (SSSR count). The molecule has 232 valence electrons. The van der Waals surface area contributed by atoms with Crippen LogP contribution in [0.3, 0.4) is 0 Å². The van der Waals surface area contributed by atoms with Crippen LogP contribution in [0.4, 0.5) is 17.1 Å². The van der Waals surface area contributed by atoms with Gasteiger partial charge >= 0.3 is 0 Å². The van der Waals surface area contributed by atoms with E-state index in [1.165, 1.54) is 32.7 Å². The van der Waals surface area contributed by atoms with Gasteiger partial charge < -0.3 is 9.32 Å². The van der Waals surface area contributed by atoms with Gasteiger partial charge in [0.05, 0.1) is 5.69 Å². The average molecular weight is 628 g/mol. The summed E-state index contributed by atoms with van der Waals surface area (Å²) in [5.41, 5.74) is 11.1. The lowest BCUT2D eigenvalue weighted by atomic mass is 9.97. The van der Waals surface area contributed by atoms with Crippen molar-refractivity contribution in [2.75, 3.05) is 4.90 Å². The molecule has 0 N–H and O–H groups in total. The second kappa shape index (κ2) is 12.0. The van der Waals surface area contributed by atoms with Crippen molar-refractivity contribution < 1.29 is 4.42 Å². The molecule has 2 nitrogen and oxygen atoms in total. The van der Waals surface area contributed by atoms with Gasteiger partial charge in [-0.3, -0.25) is 0 Å². The predicted octanol–water partition coefficient (Wildman–Crippen LogP) is 13.5. The number of para-hydroxylation sites is 2. The summed E-state index contributed by atoms with van der Waals surface area (Å²) in [6, 6.07) is 65.1. The lowest BCUT2D eigenvalue weighted by Crippen LogP contribution is -2.11. The first-order valence-corrected chi connectivity index (χ1v) is 16.8. The number of hydrogen-bond donors (Lipinski definition) is 0. The standard InChI is InChI=1S/C47H33NO/c1-32-41-17-8-10-21-46(41)49-47(32)38-15-11-16-39(31-38)48(40-28-29-43-37(30-40)27-26-35-14-5-6-18-42(35)43)45-20-9-7-19-44(45)36-24-22-34(23-25-36)33-12-3-2-4-13-33/h2-31H,1H3. The first-order valence-electron chi connectivity index (χ1n) is 16.8. The maximum absolute atomic E-state index is 6.45. The Morgan fingerprint density at radius 2 is 1.04 bits per heavy atom. The van der Waals surface area contributed by atoms with Crippen molar-refractivity contribution >= 4 is 49.6 Å². The molecule has 0 aliphatic carbocycles. The van der Waals surface area contributed by atoms with Gasteiger partial charge in [0.1, 0.15) is 11.3 Å². The monoisotopic (exact) mass is 627 g/mol. The molecule has 49 heavy (non-hydrogen) atoms. The number of nitrogens with zero attached hydrogens (tertiary/aromatic N) is 1. The van der Waals surface area contributed by atoms with Gasteiger partial charge in [0, 0.05) is 33.5 Å². The van der Waals surface area contributed by atoms with Crippen molar-refractivity contribution in [2.45, 2.75) is 6.92 Å².